The Hall–Kier alpha value is -2.18. The molecule has 0 aromatic carbocycles. The molecule has 2 aromatic heterocycles. The van der Waals surface area contributed by atoms with Gasteiger partial charge in [0.2, 0.25) is 0 Å². The van der Waals surface area contributed by atoms with Gasteiger partial charge in [0.1, 0.15) is 5.69 Å². The highest BCUT2D eigenvalue weighted by atomic mass is 16.4. The van der Waals surface area contributed by atoms with Crippen molar-refractivity contribution in [2.45, 2.75) is 6.54 Å². The summed E-state index contributed by atoms with van der Waals surface area (Å²) in [4.78, 5) is 10.6. The van der Waals surface area contributed by atoms with Gasteiger partial charge in [0.05, 0.1) is 6.54 Å². The first-order valence-electron chi connectivity index (χ1n) is 4.27. The van der Waals surface area contributed by atoms with Crippen LogP contribution in [-0.4, -0.2) is 35.9 Å². The van der Waals surface area contributed by atoms with Crippen LogP contribution in [0, 0.1) is 0 Å². The molecule has 0 saturated heterocycles. The van der Waals surface area contributed by atoms with Crippen LogP contribution < -0.4 is 0 Å². The van der Waals surface area contributed by atoms with E-state index >= 15 is 0 Å². The van der Waals surface area contributed by atoms with Crippen molar-refractivity contribution in [2.75, 3.05) is 0 Å². The van der Waals surface area contributed by atoms with Crippen LogP contribution in [0.5, 0.6) is 0 Å². The van der Waals surface area contributed by atoms with Crippen molar-refractivity contribution in [1.82, 2.24) is 24.8 Å². The van der Waals surface area contributed by atoms with Crippen LogP contribution in [0.2, 0.25) is 0 Å². The van der Waals surface area contributed by atoms with Crippen LogP contribution in [0.25, 0.3) is 0 Å². The Kier molecular flexibility index (Phi) is 2.20. The lowest BCUT2D eigenvalue weighted by atomic mass is 10.4. The summed E-state index contributed by atoms with van der Waals surface area (Å²) >= 11 is 0. The van der Waals surface area contributed by atoms with Crippen molar-refractivity contribution in [3.8, 4) is 0 Å². The Morgan fingerprint density at radius 2 is 2.40 bits per heavy atom. The first-order chi connectivity index (χ1) is 7.15. The first-order valence-corrected chi connectivity index (χ1v) is 4.27. The Labute approximate surface area is 84.9 Å². The van der Waals surface area contributed by atoms with Gasteiger partial charge in [-0.1, -0.05) is 5.21 Å². The predicted molar refractivity (Wildman–Crippen MR) is 49.3 cm³/mol. The van der Waals surface area contributed by atoms with Crippen molar-refractivity contribution >= 4 is 5.97 Å². The zero-order valence-electron chi connectivity index (χ0n) is 8.03. The maximum Gasteiger partial charge on any atom is 0.356 e. The molecule has 2 aromatic rings. The summed E-state index contributed by atoms with van der Waals surface area (Å²) in [5.74, 6) is -1.03. The highest BCUT2D eigenvalue weighted by Gasteiger charge is 2.07. The molecular formula is C8H9N5O2. The van der Waals surface area contributed by atoms with Crippen LogP contribution >= 0.6 is 0 Å². The molecule has 0 aliphatic rings. The third-order valence-electron chi connectivity index (χ3n) is 1.83. The fourth-order valence-corrected chi connectivity index (χ4v) is 1.20. The lowest BCUT2D eigenvalue weighted by Gasteiger charge is -1.95. The fraction of sp³-hybridized carbons (Fsp3) is 0.250. The van der Waals surface area contributed by atoms with E-state index in [1.165, 1.54) is 10.7 Å². The van der Waals surface area contributed by atoms with Crippen molar-refractivity contribution in [3.05, 3.63) is 29.8 Å². The molecule has 0 radical (unpaired) electrons. The van der Waals surface area contributed by atoms with Crippen LogP contribution in [0.4, 0.5) is 0 Å². The minimum atomic E-state index is -1.03. The second-order valence-electron chi connectivity index (χ2n) is 3.09. The highest BCUT2D eigenvalue weighted by molar-refractivity contribution is 5.85. The van der Waals surface area contributed by atoms with Crippen molar-refractivity contribution in [1.29, 1.82) is 0 Å². The van der Waals surface area contributed by atoms with Crippen LogP contribution in [0.3, 0.4) is 0 Å². The summed E-state index contributed by atoms with van der Waals surface area (Å²) in [6, 6.07) is 1.44. The summed E-state index contributed by atoms with van der Waals surface area (Å²) in [7, 11) is 1.77. The molecule has 2 rings (SSSR count). The molecule has 7 heteroatoms. The SMILES string of the molecule is Cn1cc(Cn2ccc(C(=O)O)n2)nn1. The van der Waals surface area contributed by atoms with Gasteiger partial charge in [-0.05, 0) is 6.07 Å². The molecule has 0 spiro atoms. The van der Waals surface area contributed by atoms with Crippen molar-refractivity contribution < 1.29 is 9.90 Å². The topological polar surface area (TPSA) is 85.8 Å². The van der Waals surface area contributed by atoms with E-state index in [-0.39, 0.29) is 5.69 Å². The molecule has 0 fully saturated rings. The lowest BCUT2D eigenvalue weighted by Crippen LogP contribution is -2.04. The van der Waals surface area contributed by atoms with E-state index in [4.69, 9.17) is 5.11 Å². The third kappa shape index (κ3) is 2.01. The lowest BCUT2D eigenvalue weighted by molar-refractivity contribution is 0.0689. The molecule has 0 aliphatic carbocycles. The van der Waals surface area contributed by atoms with E-state index in [1.807, 2.05) is 0 Å². The molecule has 0 unspecified atom stereocenters. The van der Waals surface area contributed by atoms with Gasteiger partial charge in [-0.25, -0.2) is 4.79 Å². The summed E-state index contributed by atoms with van der Waals surface area (Å²) in [5, 5.41) is 20.1. The Morgan fingerprint density at radius 1 is 1.60 bits per heavy atom. The maximum absolute atomic E-state index is 10.6. The predicted octanol–water partition coefficient (Wildman–Crippen LogP) is -0.242. The van der Waals surface area contributed by atoms with Gasteiger partial charge in [-0.2, -0.15) is 5.10 Å². The number of aromatic carboxylic acids is 1. The zero-order chi connectivity index (χ0) is 10.8. The van der Waals surface area contributed by atoms with E-state index in [1.54, 1.807) is 24.1 Å². The Bertz CT molecular complexity index is 487. The average Bonchev–Trinajstić information content (AvgIpc) is 2.76. The minimum Gasteiger partial charge on any atom is -0.476 e. The number of aryl methyl sites for hydroxylation is 1. The number of rotatable bonds is 3. The molecule has 0 amide bonds. The quantitative estimate of drug-likeness (QED) is 0.750. The van der Waals surface area contributed by atoms with Gasteiger partial charge in [-0.15, -0.1) is 5.10 Å². The van der Waals surface area contributed by atoms with Crippen molar-refractivity contribution in [2.24, 2.45) is 7.05 Å². The first kappa shape index (κ1) is 9.38. The largest absolute Gasteiger partial charge is 0.476 e. The maximum atomic E-state index is 10.6. The van der Waals surface area contributed by atoms with Gasteiger partial charge in [0.15, 0.2) is 5.69 Å². The average molecular weight is 207 g/mol. The number of carboxylic acid groups (broad SMARTS) is 1. The standard InChI is InChI=1S/C8H9N5O2/c1-12-4-6(9-11-12)5-13-3-2-7(10-13)8(14)15/h2-4H,5H2,1H3,(H,14,15). The number of aromatic nitrogens is 5. The van der Waals surface area contributed by atoms with Crippen LogP contribution in [-0.2, 0) is 13.6 Å². The van der Waals surface area contributed by atoms with E-state index in [2.05, 4.69) is 15.4 Å². The number of carboxylic acids is 1. The van der Waals surface area contributed by atoms with Crippen molar-refractivity contribution in [3.63, 3.8) is 0 Å². The molecule has 7 nitrogen and oxygen atoms in total. The number of carbonyl (C=O) groups is 1. The van der Waals surface area contributed by atoms with Crippen LogP contribution in [0.15, 0.2) is 18.5 Å². The minimum absolute atomic E-state index is 0.0268. The molecule has 0 bridgehead atoms. The third-order valence-corrected chi connectivity index (χ3v) is 1.83. The van der Waals surface area contributed by atoms with E-state index in [0.29, 0.717) is 6.54 Å². The van der Waals surface area contributed by atoms with Gasteiger partial charge < -0.3 is 5.11 Å². The summed E-state index contributed by atoms with van der Waals surface area (Å²) < 4.78 is 3.09. The number of nitrogens with zero attached hydrogens (tertiary/aromatic N) is 5. The van der Waals surface area contributed by atoms with E-state index in [9.17, 15) is 4.79 Å². The van der Waals surface area contributed by atoms with Gasteiger partial charge in [0, 0.05) is 19.4 Å². The molecule has 15 heavy (non-hydrogen) atoms. The normalized spacial score (nSPS) is 10.5. The van der Waals surface area contributed by atoms with E-state index in [0.717, 1.165) is 5.69 Å². The Balaban J connectivity index is 2.14. The van der Waals surface area contributed by atoms with Crippen LogP contribution in [0.1, 0.15) is 16.2 Å². The molecule has 0 saturated carbocycles. The number of hydrogen-bond donors (Lipinski definition) is 1. The van der Waals surface area contributed by atoms with Gasteiger partial charge >= 0.3 is 5.97 Å². The van der Waals surface area contributed by atoms with Gasteiger partial charge in [-0.3, -0.25) is 9.36 Å². The summed E-state index contributed by atoms with van der Waals surface area (Å²) in [6.07, 6.45) is 3.35. The molecule has 0 aliphatic heterocycles. The fourth-order valence-electron chi connectivity index (χ4n) is 1.20. The highest BCUT2D eigenvalue weighted by Crippen LogP contribution is 1.99. The number of hydrogen-bond acceptors (Lipinski definition) is 4. The second kappa shape index (κ2) is 3.52. The molecule has 0 atom stereocenters. The molecular weight excluding hydrogens is 198 g/mol. The monoisotopic (exact) mass is 207 g/mol. The van der Waals surface area contributed by atoms with E-state index < -0.39 is 5.97 Å². The summed E-state index contributed by atoms with van der Waals surface area (Å²) in [6.45, 7) is 0.418. The molecule has 78 valence electrons. The second-order valence-corrected chi connectivity index (χ2v) is 3.09. The molecule has 1 N–H and O–H groups in total. The smallest absolute Gasteiger partial charge is 0.356 e. The summed E-state index contributed by atoms with van der Waals surface area (Å²) in [5.41, 5.74) is 0.761. The van der Waals surface area contributed by atoms with Gasteiger partial charge in [0.25, 0.3) is 0 Å². The Morgan fingerprint density at radius 3 is 2.93 bits per heavy atom. The molecule has 2 heterocycles. The zero-order valence-corrected chi connectivity index (χ0v) is 8.03.